The van der Waals surface area contributed by atoms with E-state index in [4.69, 9.17) is 0 Å². The normalized spacial score (nSPS) is 22.9. The molecule has 4 rings (SSSR count). The highest BCUT2D eigenvalue weighted by Crippen LogP contribution is 2.28. The molecule has 3 heterocycles. The quantitative estimate of drug-likeness (QED) is 0.678. The maximum Gasteiger partial charge on any atom is 0.259 e. The number of hydrogen-bond donors (Lipinski definition) is 0. The Labute approximate surface area is 196 Å². The number of rotatable bonds is 4. The number of fused-ring (bicyclic) bond motifs is 1. The molecule has 2 atom stereocenters. The number of amides is 1. The lowest BCUT2D eigenvalue weighted by molar-refractivity contribution is 0.0759. The minimum Gasteiger partial charge on any atom is -0.347 e. The SMILES string of the molecule is CCn1cc(C(=O)N2CCCCCC2)c(=O)c2cc(S(=O)(=O)N3C[C@H](C)C[C@@H](C)C3)ccc21. The van der Waals surface area contributed by atoms with Crippen LogP contribution in [-0.4, -0.2) is 54.3 Å². The average molecular weight is 474 g/mol. The summed E-state index contributed by atoms with van der Waals surface area (Å²) in [7, 11) is -3.72. The molecule has 0 bridgehead atoms. The molecule has 2 saturated heterocycles. The zero-order chi connectivity index (χ0) is 23.8. The van der Waals surface area contributed by atoms with Crippen molar-refractivity contribution in [3.05, 3.63) is 40.2 Å². The van der Waals surface area contributed by atoms with Gasteiger partial charge in [0.05, 0.1) is 10.4 Å². The minimum absolute atomic E-state index is 0.121. The van der Waals surface area contributed by atoms with Gasteiger partial charge in [-0.1, -0.05) is 26.7 Å². The van der Waals surface area contributed by atoms with Gasteiger partial charge in [0.15, 0.2) is 0 Å². The van der Waals surface area contributed by atoms with Gasteiger partial charge in [-0.05, 0) is 56.2 Å². The molecule has 33 heavy (non-hydrogen) atoms. The van der Waals surface area contributed by atoms with Gasteiger partial charge in [0.25, 0.3) is 5.91 Å². The number of sulfonamides is 1. The molecule has 2 fully saturated rings. The first kappa shape index (κ1) is 24.0. The molecule has 0 N–H and O–H groups in total. The zero-order valence-electron chi connectivity index (χ0n) is 19.9. The molecule has 0 aliphatic carbocycles. The summed E-state index contributed by atoms with van der Waals surface area (Å²) in [4.78, 5) is 28.6. The Hall–Kier alpha value is -2.19. The smallest absolute Gasteiger partial charge is 0.259 e. The van der Waals surface area contributed by atoms with E-state index in [0.717, 1.165) is 32.1 Å². The Balaban J connectivity index is 1.78. The second-order valence-electron chi connectivity index (χ2n) is 9.81. The average Bonchev–Trinajstić information content (AvgIpc) is 3.08. The highest BCUT2D eigenvalue weighted by atomic mass is 32.2. The van der Waals surface area contributed by atoms with Crippen LogP contribution in [0.5, 0.6) is 0 Å². The Morgan fingerprint density at radius 1 is 1.03 bits per heavy atom. The molecule has 0 radical (unpaired) electrons. The van der Waals surface area contributed by atoms with Crippen LogP contribution in [0.25, 0.3) is 10.9 Å². The summed E-state index contributed by atoms with van der Waals surface area (Å²) in [5, 5.41) is 0.289. The summed E-state index contributed by atoms with van der Waals surface area (Å²) >= 11 is 0. The summed E-state index contributed by atoms with van der Waals surface area (Å²) in [6.45, 7) is 8.94. The molecular weight excluding hydrogens is 438 g/mol. The van der Waals surface area contributed by atoms with Crippen LogP contribution in [0.15, 0.2) is 34.1 Å². The number of hydrogen-bond acceptors (Lipinski definition) is 4. The first-order chi connectivity index (χ1) is 15.7. The lowest BCUT2D eigenvalue weighted by Crippen LogP contribution is -2.42. The zero-order valence-corrected chi connectivity index (χ0v) is 20.7. The highest BCUT2D eigenvalue weighted by molar-refractivity contribution is 7.89. The van der Waals surface area contributed by atoms with Crippen molar-refractivity contribution in [2.75, 3.05) is 26.2 Å². The van der Waals surface area contributed by atoms with Crippen LogP contribution < -0.4 is 5.43 Å². The molecule has 8 heteroatoms. The molecule has 7 nitrogen and oxygen atoms in total. The van der Waals surface area contributed by atoms with Gasteiger partial charge in [-0.25, -0.2) is 8.42 Å². The van der Waals surface area contributed by atoms with Crippen molar-refractivity contribution in [1.29, 1.82) is 0 Å². The number of likely N-dealkylation sites (tertiary alicyclic amines) is 1. The first-order valence-electron chi connectivity index (χ1n) is 12.2. The second kappa shape index (κ2) is 9.58. The number of nitrogens with zero attached hydrogens (tertiary/aromatic N) is 3. The fourth-order valence-corrected chi connectivity index (χ4v) is 7.05. The Kier molecular flexibility index (Phi) is 6.96. The van der Waals surface area contributed by atoms with Gasteiger partial charge in [0.1, 0.15) is 5.56 Å². The Morgan fingerprint density at radius 3 is 2.27 bits per heavy atom. The molecule has 1 aromatic heterocycles. The summed E-state index contributed by atoms with van der Waals surface area (Å²) < 4.78 is 30.3. The number of piperidine rings is 1. The number of aryl methyl sites for hydroxylation is 1. The monoisotopic (exact) mass is 473 g/mol. The lowest BCUT2D eigenvalue weighted by Gasteiger charge is -2.34. The van der Waals surface area contributed by atoms with Crippen LogP contribution in [0.4, 0.5) is 0 Å². The Morgan fingerprint density at radius 2 is 1.67 bits per heavy atom. The molecule has 1 aromatic carbocycles. The fourth-order valence-electron chi connectivity index (χ4n) is 5.35. The molecule has 2 aromatic rings. The van der Waals surface area contributed by atoms with Gasteiger partial charge in [0, 0.05) is 44.3 Å². The topological polar surface area (TPSA) is 79.7 Å². The lowest BCUT2D eigenvalue weighted by atomic mass is 9.94. The number of carbonyl (C=O) groups excluding carboxylic acids is 1. The van der Waals surface area contributed by atoms with Gasteiger partial charge in [-0.15, -0.1) is 0 Å². The van der Waals surface area contributed by atoms with E-state index in [-0.39, 0.29) is 27.2 Å². The van der Waals surface area contributed by atoms with Gasteiger partial charge in [-0.3, -0.25) is 9.59 Å². The third-order valence-corrected chi connectivity index (χ3v) is 8.82. The second-order valence-corrected chi connectivity index (χ2v) is 11.7. The van der Waals surface area contributed by atoms with E-state index < -0.39 is 10.0 Å². The molecule has 0 saturated carbocycles. The summed E-state index contributed by atoms with van der Waals surface area (Å²) in [5.74, 6) is 0.330. The van der Waals surface area contributed by atoms with Gasteiger partial charge >= 0.3 is 0 Å². The van der Waals surface area contributed by atoms with Crippen LogP contribution in [0.1, 0.15) is 63.2 Å². The maximum atomic E-state index is 13.5. The van der Waals surface area contributed by atoms with E-state index in [9.17, 15) is 18.0 Å². The van der Waals surface area contributed by atoms with E-state index >= 15 is 0 Å². The highest BCUT2D eigenvalue weighted by Gasteiger charge is 2.32. The fraction of sp³-hybridized carbons (Fsp3) is 0.600. The third-order valence-electron chi connectivity index (χ3n) is 6.99. The summed E-state index contributed by atoms with van der Waals surface area (Å²) in [6, 6.07) is 4.76. The van der Waals surface area contributed by atoms with E-state index in [1.165, 1.54) is 10.4 Å². The number of pyridine rings is 1. The third kappa shape index (κ3) is 4.73. The molecule has 2 aliphatic heterocycles. The van der Waals surface area contributed by atoms with Crippen molar-refractivity contribution < 1.29 is 13.2 Å². The molecule has 0 unspecified atom stereocenters. The molecule has 180 valence electrons. The van der Waals surface area contributed by atoms with E-state index in [2.05, 4.69) is 13.8 Å². The van der Waals surface area contributed by atoms with Crippen molar-refractivity contribution in [2.45, 2.75) is 64.3 Å². The van der Waals surface area contributed by atoms with Crippen molar-refractivity contribution in [3.8, 4) is 0 Å². The van der Waals surface area contributed by atoms with Crippen LogP contribution in [0.2, 0.25) is 0 Å². The largest absolute Gasteiger partial charge is 0.347 e. The minimum atomic E-state index is -3.72. The van der Waals surface area contributed by atoms with Crippen LogP contribution in [-0.2, 0) is 16.6 Å². The molecular formula is C25H35N3O4S. The van der Waals surface area contributed by atoms with Crippen molar-refractivity contribution in [3.63, 3.8) is 0 Å². The molecule has 2 aliphatic rings. The summed E-state index contributed by atoms with van der Waals surface area (Å²) in [6.07, 6.45) is 6.71. The predicted molar refractivity (Wildman–Crippen MR) is 130 cm³/mol. The van der Waals surface area contributed by atoms with Gasteiger partial charge < -0.3 is 9.47 Å². The Bertz CT molecular complexity index is 1190. The van der Waals surface area contributed by atoms with Crippen LogP contribution >= 0.6 is 0 Å². The first-order valence-corrected chi connectivity index (χ1v) is 13.6. The molecule has 1 amide bonds. The van der Waals surface area contributed by atoms with Crippen molar-refractivity contribution >= 4 is 26.8 Å². The number of aromatic nitrogens is 1. The van der Waals surface area contributed by atoms with Crippen LogP contribution in [0, 0.1) is 11.8 Å². The van der Waals surface area contributed by atoms with Crippen molar-refractivity contribution in [1.82, 2.24) is 13.8 Å². The maximum absolute atomic E-state index is 13.5. The summed E-state index contributed by atoms with van der Waals surface area (Å²) in [5.41, 5.74) is 0.386. The molecule has 0 spiro atoms. The van der Waals surface area contributed by atoms with E-state index in [1.54, 1.807) is 23.2 Å². The predicted octanol–water partition coefficient (Wildman–Crippen LogP) is 3.70. The standard InChI is InChI=1S/C25H35N3O4S/c1-4-26-17-22(25(30)27-11-7-5-6-8-12-27)24(29)21-14-20(9-10-23(21)26)33(31,32)28-15-18(2)13-19(3)16-28/h9-10,14,17-19H,4-8,11-13,15-16H2,1-3H3/t18-,19-/m1/s1. The van der Waals surface area contributed by atoms with Crippen LogP contribution in [0.3, 0.4) is 0 Å². The number of carbonyl (C=O) groups is 1. The van der Waals surface area contributed by atoms with Gasteiger partial charge in [0.2, 0.25) is 15.5 Å². The number of benzene rings is 1. The van der Waals surface area contributed by atoms with Crippen molar-refractivity contribution in [2.24, 2.45) is 11.8 Å². The van der Waals surface area contributed by atoms with E-state index in [0.29, 0.717) is 50.1 Å². The van der Waals surface area contributed by atoms with Gasteiger partial charge in [-0.2, -0.15) is 4.31 Å². The van der Waals surface area contributed by atoms with E-state index in [1.807, 2.05) is 11.5 Å².